The highest BCUT2D eigenvalue weighted by molar-refractivity contribution is 7.84. The lowest BCUT2D eigenvalue weighted by atomic mass is 10.2. The lowest BCUT2D eigenvalue weighted by Gasteiger charge is -2.07. The Bertz CT molecular complexity index is 599. The monoisotopic (exact) mass is 295 g/mol. The normalized spacial score (nSPS) is 12.1. The Labute approximate surface area is 119 Å². The van der Waals surface area contributed by atoms with Gasteiger partial charge in [-0.05, 0) is 35.9 Å². The summed E-state index contributed by atoms with van der Waals surface area (Å²) in [7, 11) is 0.393. The molecule has 2 rings (SSSR count). The third kappa shape index (κ3) is 3.49. The molecule has 0 fully saturated rings. The van der Waals surface area contributed by atoms with Gasteiger partial charge in [0.2, 0.25) is 0 Å². The van der Waals surface area contributed by atoms with Crippen molar-refractivity contribution in [3.63, 3.8) is 0 Å². The number of methoxy groups -OCH3 is 1. The highest BCUT2D eigenvalue weighted by Crippen LogP contribution is 2.24. The van der Waals surface area contributed by atoms with E-state index in [9.17, 15) is 4.21 Å². The number of ether oxygens (including phenoxy) is 1. The predicted octanol–water partition coefficient (Wildman–Crippen LogP) is 3.24. The average Bonchev–Trinajstić information content (AvgIpc) is 2.42. The van der Waals surface area contributed by atoms with Crippen LogP contribution in [0, 0.1) is 0 Å². The van der Waals surface area contributed by atoms with Gasteiger partial charge < -0.3 is 10.5 Å². The summed E-state index contributed by atoms with van der Waals surface area (Å²) in [6, 6.07) is 12.5. The Morgan fingerprint density at radius 2 is 1.89 bits per heavy atom. The van der Waals surface area contributed by atoms with Gasteiger partial charge in [-0.2, -0.15) is 0 Å². The first-order valence-corrected chi connectivity index (χ1v) is 7.36. The van der Waals surface area contributed by atoms with E-state index in [1.54, 1.807) is 25.3 Å². The summed E-state index contributed by atoms with van der Waals surface area (Å²) >= 11 is 6.04. The zero-order valence-electron chi connectivity index (χ0n) is 10.4. The Kier molecular flexibility index (Phi) is 4.45. The van der Waals surface area contributed by atoms with E-state index in [1.165, 1.54) is 0 Å². The van der Waals surface area contributed by atoms with Crippen molar-refractivity contribution in [2.45, 2.75) is 10.6 Å². The fraction of sp³-hybridized carbons (Fsp3) is 0.143. The van der Waals surface area contributed by atoms with Gasteiger partial charge in [-0.3, -0.25) is 4.21 Å². The van der Waals surface area contributed by atoms with E-state index >= 15 is 0 Å². The molecule has 0 saturated carbocycles. The van der Waals surface area contributed by atoms with Crippen LogP contribution in [0.2, 0.25) is 5.02 Å². The standard InChI is InChI=1S/C14H14ClNO2S/c1-18-12-5-2-10(3-6-12)9-19(17)14-8-11(16)4-7-13(14)15/h2-8H,9,16H2,1H3. The van der Waals surface area contributed by atoms with Crippen LogP contribution in [-0.2, 0) is 16.6 Å². The maximum Gasteiger partial charge on any atom is 0.118 e. The summed E-state index contributed by atoms with van der Waals surface area (Å²) in [5.41, 5.74) is 7.20. The Hall–Kier alpha value is -1.52. The summed E-state index contributed by atoms with van der Waals surface area (Å²) < 4.78 is 17.4. The Morgan fingerprint density at radius 3 is 2.53 bits per heavy atom. The van der Waals surface area contributed by atoms with Crippen molar-refractivity contribution in [2.75, 3.05) is 12.8 Å². The van der Waals surface area contributed by atoms with E-state index in [4.69, 9.17) is 22.1 Å². The van der Waals surface area contributed by atoms with Gasteiger partial charge in [0, 0.05) is 5.69 Å². The molecule has 0 aliphatic rings. The van der Waals surface area contributed by atoms with Crippen molar-refractivity contribution in [1.29, 1.82) is 0 Å². The number of halogens is 1. The minimum Gasteiger partial charge on any atom is -0.497 e. The molecule has 0 saturated heterocycles. The average molecular weight is 296 g/mol. The van der Waals surface area contributed by atoms with Gasteiger partial charge in [-0.25, -0.2) is 0 Å². The molecule has 2 N–H and O–H groups in total. The van der Waals surface area contributed by atoms with Gasteiger partial charge in [-0.15, -0.1) is 0 Å². The zero-order chi connectivity index (χ0) is 13.8. The number of rotatable bonds is 4. The van der Waals surface area contributed by atoms with Gasteiger partial charge in [-0.1, -0.05) is 23.7 Å². The molecule has 0 spiro atoms. The zero-order valence-corrected chi connectivity index (χ0v) is 12.0. The molecule has 0 heterocycles. The summed E-state index contributed by atoms with van der Waals surface area (Å²) in [4.78, 5) is 0.567. The second kappa shape index (κ2) is 6.08. The van der Waals surface area contributed by atoms with Crippen LogP contribution in [0.25, 0.3) is 0 Å². The first kappa shape index (κ1) is 13.9. The minimum absolute atomic E-state index is 0.396. The third-order valence-corrected chi connectivity index (χ3v) is 4.52. The smallest absolute Gasteiger partial charge is 0.118 e. The highest BCUT2D eigenvalue weighted by Gasteiger charge is 2.10. The first-order chi connectivity index (χ1) is 9.10. The predicted molar refractivity (Wildman–Crippen MR) is 79.0 cm³/mol. The Morgan fingerprint density at radius 1 is 1.21 bits per heavy atom. The summed E-state index contributed by atoms with van der Waals surface area (Å²) in [6.07, 6.45) is 0. The van der Waals surface area contributed by atoms with E-state index in [0.29, 0.717) is 21.4 Å². The number of anilines is 1. The molecule has 0 bridgehead atoms. The number of hydrogen-bond acceptors (Lipinski definition) is 3. The number of nitrogens with two attached hydrogens (primary N) is 1. The van der Waals surface area contributed by atoms with Crippen LogP contribution >= 0.6 is 11.6 Å². The second-order valence-electron chi connectivity index (χ2n) is 4.03. The largest absolute Gasteiger partial charge is 0.497 e. The maximum absolute atomic E-state index is 12.3. The van der Waals surface area contributed by atoms with Crippen molar-refractivity contribution in [3.05, 3.63) is 53.1 Å². The molecule has 19 heavy (non-hydrogen) atoms. The van der Waals surface area contributed by atoms with E-state index in [1.807, 2.05) is 24.3 Å². The van der Waals surface area contributed by atoms with Crippen molar-refractivity contribution in [1.82, 2.24) is 0 Å². The lowest BCUT2D eigenvalue weighted by molar-refractivity contribution is 0.414. The van der Waals surface area contributed by atoms with Gasteiger partial charge in [0.15, 0.2) is 0 Å². The third-order valence-electron chi connectivity index (χ3n) is 2.66. The van der Waals surface area contributed by atoms with Crippen molar-refractivity contribution < 1.29 is 8.95 Å². The summed E-state index contributed by atoms with van der Waals surface area (Å²) in [6.45, 7) is 0. The van der Waals surface area contributed by atoms with Gasteiger partial charge >= 0.3 is 0 Å². The molecular formula is C14H14ClNO2S. The highest BCUT2D eigenvalue weighted by atomic mass is 35.5. The molecule has 1 unspecified atom stereocenters. The summed E-state index contributed by atoms with van der Waals surface area (Å²) in [5.74, 6) is 1.17. The number of benzene rings is 2. The van der Waals surface area contributed by atoms with Crippen LogP contribution < -0.4 is 10.5 Å². The fourth-order valence-corrected chi connectivity index (χ4v) is 3.22. The van der Waals surface area contributed by atoms with Crippen LogP contribution in [-0.4, -0.2) is 11.3 Å². The van der Waals surface area contributed by atoms with Crippen molar-refractivity contribution in [2.24, 2.45) is 0 Å². The molecule has 0 aliphatic heterocycles. The molecule has 0 amide bonds. The minimum atomic E-state index is -1.22. The molecule has 0 aliphatic carbocycles. The first-order valence-electron chi connectivity index (χ1n) is 5.66. The topological polar surface area (TPSA) is 52.3 Å². The fourth-order valence-electron chi connectivity index (χ4n) is 1.65. The van der Waals surface area contributed by atoms with Crippen LogP contribution in [0.4, 0.5) is 5.69 Å². The summed E-state index contributed by atoms with van der Waals surface area (Å²) in [5, 5.41) is 0.473. The molecule has 0 aromatic heterocycles. The molecule has 2 aromatic carbocycles. The van der Waals surface area contributed by atoms with Crippen molar-refractivity contribution >= 4 is 28.1 Å². The van der Waals surface area contributed by atoms with E-state index in [0.717, 1.165) is 11.3 Å². The quantitative estimate of drug-likeness (QED) is 0.881. The molecule has 2 aromatic rings. The Balaban J connectivity index is 2.18. The van der Waals surface area contributed by atoms with Crippen LogP contribution in [0.3, 0.4) is 0 Å². The maximum atomic E-state index is 12.3. The van der Waals surface area contributed by atoms with Crippen LogP contribution in [0.5, 0.6) is 5.75 Å². The van der Waals surface area contributed by atoms with E-state index in [-0.39, 0.29) is 0 Å². The molecule has 3 nitrogen and oxygen atoms in total. The van der Waals surface area contributed by atoms with Gasteiger partial charge in [0.05, 0.1) is 33.6 Å². The van der Waals surface area contributed by atoms with Crippen molar-refractivity contribution in [3.8, 4) is 5.75 Å². The van der Waals surface area contributed by atoms with E-state index in [2.05, 4.69) is 0 Å². The molecule has 1 atom stereocenters. The van der Waals surface area contributed by atoms with Gasteiger partial charge in [0.1, 0.15) is 5.75 Å². The lowest BCUT2D eigenvalue weighted by Crippen LogP contribution is -1.99. The molecular weight excluding hydrogens is 282 g/mol. The van der Waals surface area contributed by atoms with Crippen LogP contribution in [0.1, 0.15) is 5.56 Å². The molecule has 0 radical (unpaired) electrons. The number of nitrogen functional groups attached to an aromatic ring is 1. The van der Waals surface area contributed by atoms with Gasteiger partial charge in [0.25, 0.3) is 0 Å². The van der Waals surface area contributed by atoms with Crippen LogP contribution in [0.15, 0.2) is 47.4 Å². The molecule has 100 valence electrons. The van der Waals surface area contributed by atoms with E-state index < -0.39 is 10.8 Å². The molecule has 5 heteroatoms. The second-order valence-corrected chi connectivity index (χ2v) is 5.85. The number of hydrogen-bond donors (Lipinski definition) is 1. The SMILES string of the molecule is COc1ccc(CS(=O)c2cc(N)ccc2Cl)cc1.